The molecule has 1 aliphatic heterocycles. The Morgan fingerprint density at radius 2 is 2.23 bits per heavy atom. The Morgan fingerprint density at radius 1 is 1.35 bits per heavy atom. The van der Waals surface area contributed by atoms with Gasteiger partial charge in [0.25, 0.3) is 5.91 Å². The summed E-state index contributed by atoms with van der Waals surface area (Å²) in [5.74, 6) is 0.710. The molecule has 136 valence electrons. The van der Waals surface area contributed by atoms with Gasteiger partial charge in [-0.25, -0.2) is 4.98 Å². The van der Waals surface area contributed by atoms with Gasteiger partial charge in [0.05, 0.1) is 29.2 Å². The smallest absolute Gasteiger partial charge is 0.277 e. The van der Waals surface area contributed by atoms with Crippen molar-refractivity contribution in [3.8, 4) is 0 Å². The molecule has 1 N–H and O–H groups in total. The molecule has 1 fully saturated rings. The maximum atomic E-state index is 12.6. The number of thiophene rings is 1. The van der Waals surface area contributed by atoms with E-state index in [0.29, 0.717) is 19.0 Å². The van der Waals surface area contributed by atoms with Crippen molar-refractivity contribution in [2.75, 3.05) is 26.7 Å². The van der Waals surface area contributed by atoms with E-state index in [1.165, 1.54) is 26.6 Å². The second-order valence-corrected chi connectivity index (χ2v) is 8.96. The van der Waals surface area contributed by atoms with E-state index in [1.54, 1.807) is 11.3 Å². The van der Waals surface area contributed by atoms with Crippen LogP contribution in [0.25, 0.3) is 10.2 Å². The van der Waals surface area contributed by atoms with Gasteiger partial charge in [-0.15, -0.1) is 11.3 Å². The summed E-state index contributed by atoms with van der Waals surface area (Å²) in [7, 11) is 1.91. The predicted molar refractivity (Wildman–Crippen MR) is 108 cm³/mol. The Labute approximate surface area is 162 Å². The summed E-state index contributed by atoms with van der Waals surface area (Å²) >= 11 is 3.49. The van der Waals surface area contributed by atoms with Gasteiger partial charge in [-0.3, -0.25) is 4.79 Å². The number of nitrogens with zero attached hydrogens (tertiary/aromatic N) is 2. The number of fused-ring (bicyclic) bond motifs is 1. The SMILES string of the molecule is CN(Cc1ccsc1)C(=O)C[NH+]1CCC[C@@H](c2nc3ccccc3s2)C1. The molecule has 2 aromatic heterocycles. The molecule has 0 saturated carbocycles. The number of aromatic nitrogens is 1. The molecule has 1 aromatic carbocycles. The number of rotatable bonds is 5. The van der Waals surface area contributed by atoms with Gasteiger partial charge < -0.3 is 9.80 Å². The number of thiazole rings is 1. The molecule has 2 atom stereocenters. The van der Waals surface area contributed by atoms with Gasteiger partial charge in [0, 0.05) is 13.6 Å². The zero-order valence-electron chi connectivity index (χ0n) is 15.0. The van der Waals surface area contributed by atoms with E-state index in [1.807, 2.05) is 29.4 Å². The third kappa shape index (κ3) is 3.98. The zero-order chi connectivity index (χ0) is 17.9. The van der Waals surface area contributed by atoms with E-state index in [4.69, 9.17) is 4.98 Å². The summed E-state index contributed by atoms with van der Waals surface area (Å²) in [5, 5.41) is 5.41. The minimum Gasteiger partial charge on any atom is -0.337 e. The number of carbonyl (C=O) groups excluding carboxylic acids is 1. The van der Waals surface area contributed by atoms with Crippen LogP contribution in [-0.4, -0.2) is 42.5 Å². The first-order chi connectivity index (χ1) is 12.7. The van der Waals surface area contributed by atoms with Gasteiger partial charge in [-0.1, -0.05) is 12.1 Å². The maximum absolute atomic E-state index is 12.6. The summed E-state index contributed by atoms with van der Waals surface area (Å²) in [6, 6.07) is 10.4. The Balaban J connectivity index is 1.37. The summed E-state index contributed by atoms with van der Waals surface area (Å²) in [6.07, 6.45) is 2.35. The van der Waals surface area contributed by atoms with E-state index in [0.717, 1.165) is 25.0 Å². The first-order valence-electron chi connectivity index (χ1n) is 9.13. The van der Waals surface area contributed by atoms with Crippen molar-refractivity contribution >= 4 is 38.8 Å². The van der Waals surface area contributed by atoms with Gasteiger partial charge in [0.1, 0.15) is 5.01 Å². The highest BCUT2D eigenvalue weighted by molar-refractivity contribution is 7.18. The van der Waals surface area contributed by atoms with Crippen LogP contribution in [0.15, 0.2) is 41.1 Å². The van der Waals surface area contributed by atoms with Crippen LogP contribution < -0.4 is 4.90 Å². The summed E-state index contributed by atoms with van der Waals surface area (Å²) < 4.78 is 1.26. The fraction of sp³-hybridized carbons (Fsp3) is 0.400. The van der Waals surface area contributed by atoms with Crippen LogP contribution in [0, 0.1) is 0 Å². The second kappa shape index (κ2) is 7.86. The van der Waals surface area contributed by atoms with Crippen molar-refractivity contribution in [3.05, 3.63) is 51.7 Å². The van der Waals surface area contributed by atoms with Gasteiger partial charge in [-0.2, -0.15) is 11.3 Å². The molecule has 4 nitrogen and oxygen atoms in total. The fourth-order valence-corrected chi connectivity index (χ4v) is 5.44. The number of hydrogen-bond acceptors (Lipinski definition) is 4. The minimum absolute atomic E-state index is 0.233. The predicted octanol–water partition coefficient (Wildman–Crippen LogP) is 2.78. The number of para-hydroxylation sites is 1. The lowest BCUT2D eigenvalue weighted by molar-refractivity contribution is -0.898. The van der Waals surface area contributed by atoms with Crippen molar-refractivity contribution < 1.29 is 9.69 Å². The standard InChI is InChI=1S/C20H23N3OS2/c1-22(11-15-8-10-25-14-15)19(24)13-23-9-4-5-16(12-23)20-21-17-6-2-3-7-18(17)26-20/h2-3,6-8,10,14,16H,4-5,9,11-13H2,1H3/p+1/t16-/m1/s1. The molecule has 0 radical (unpaired) electrons. The highest BCUT2D eigenvalue weighted by Crippen LogP contribution is 2.30. The molecule has 1 amide bonds. The van der Waals surface area contributed by atoms with Crippen molar-refractivity contribution in [2.45, 2.75) is 25.3 Å². The van der Waals surface area contributed by atoms with E-state index in [2.05, 4.69) is 35.0 Å². The number of hydrogen-bond donors (Lipinski definition) is 1. The van der Waals surface area contributed by atoms with Gasteiger partial charge in [0.2, 0.25) is 0 Å². The lowest BCUT2D eigenvalue weighted by Gasteiger charge is -2.29. The van der Waals surface area contributed by atoms with Crippen LogP contribution in [-0.2, 0) is 11.3 Å². The highest BCUT2D eigenvalue weighted by Gasteiger charge is 2.29. The number of carbonyl (C=O) groups is 1. The highest BCUT2D eigenvalue weighted by atomic mass is 32.1. The van der Waals surface area contributed by atoms with Crippen LogP contribution in [0.1, 0.15) is 29.3 Å². The average molecular weight is 387 g/mol. The molecule has 1 saturated heterocycles. The lowest BCUT2D eigenvalue weighted by atomic mass is 9.99. The lowest BCUT2D eigenvalue weighted by Crippen LogP contribution is -3.14. The molecule has 3 aromatic rings. The number of likely N-dealkylation sites (tertiary alicyclic amines) is 1. The molecular formula is C20H24N3OS2+. The fourth-order valence-electron chi connectivity index (χ4n) is 3.68. The molecule has 26 heavy (non-hydrogen) atoms. The van der Waals surface area contributed by atoms with E-state index in [9.17, 15) is 4.79 Å². The van der Waals surface area contributed by atoms with Crippen LogP contribution >= 0.6 is 22.7 Å². The van der Waals surface area contributed by atoms with Crippen LogP contribution in [0.4, 0.5) is 0 Å². The third-order valence-corrected chi connectivity index (χ3v) is 7.04. The van der Waals surface area contributed by atoms with Crippen LogP contribution in [0.2, 0.25) is 0 Å². The van der Waals surface area contributed by atoms with Crippen molar-refractivity contribution in [3.63, 3.8) is 0 Å². The quantitative estimate of drug-likeness (QED) is 0.732. The second-order valence-electron chi connectivity index (χ2n) is 7.12. The number of quaternary nitrogens is 1. The summed E-state index contributed by atoms with van der Waals surface area (Å²) in [5.41, 5.74) is 2.32. The van der Waals surface area contributed by atoms with Crippen molar-refractivity contribution in [2.24, 2.45) is 0 Å². The third-order valence-electron chi connectivity index (χ3n) is 5.10. The number of nitrogens with one attached hydrogen (secondary N) is 1. The Bertz CT molecular complexity index is 841. The van der Waals surface area contributed by atoms with E-state index >= 15 is 0 Å². The van der Waals surface area contributed by atoms with E-state index in [-0.39, 0.29) is 5.91 Å². The Hall–Kier alpha value is -1.76. The average Bonchev–Trinajstić information content (AvgIpc) is 3.31. The molecule has 1 aliphatic rings. The topological polar surface area (TPSA) is 37.6 Å². The Morgan fingerprint density at radius 3 is 3.04 bits per heavy atom. The Kier molecular flexibility index (Phi) is 5.33. The maximum Gasteiger partial charge on any atom is 0.277 e. The number of amides is 1. The molecular weight excluding hydrogens is 362 g/mol. The summed E-state index contributed by atoms with van der Waals surface area (Å²) in [6.45, 7) is 3.39. The summed E-state index contributed by atoms with van der Waals surface area (Å²) in [4.78, 5) is 20.7. The monoisotopic (exact) mass is 386 g/mol. The molecule has 6 heteroatoms. The number of piperidine rings is 1. The van der Waals surface area contributed by atoms with Crippen molar-refractivity contribution in [1.82, 2.24) is 9.88 Å². The molecule has 0 aliphatic carbocycles. The molecule has 3 heterocycles. The normalized spacial score (nSPS) is 20.3. The molecule has 0 bridgehead atoms. The van der Waals surface area contributed by atoms with Crippen LogP contribution in [0.5, 0.6) is 0 Å². The van der Waals surface area contributed by atoms with E-state index < -0.39 is 0 Å². The molecule has 0 spiro atoms. The first-order valence-corrected chi connectivity index (χ1v) is 10.9. The van der Waals surface area contributed by atoms with Gasteiger partial charge >= 0.3 is 0 Å². The van der Waals surface area contributed by atoms with Gasteiger partial charge in [-0.05, 0) is 47.4 Å². The molecule has 1 unspecified atom stereocenters. The van der Waals surface area contributed by atoms with Crippen molar-refractivity contribution in [1.29, 1.82) is 0 Å². The zero-order valence-corrected chi connectivity index (χ0v) is 16.6. The van der Waals surface area contributed by atoms with Crippen LogP contribution in [0.3, 0.4) is 0 Å². The minimum atomic E-state index is 0.233. The number of likely N-dealkylation sites (N-methyl/N-ethyl adjacent to an activating group) is 1. The molecule has 4 rings (SSSR count). The number of benzene rings is 1. The van der Waals surface area contributed by atoms with Gasteiger partial charge in [0.15, 0.2) is 6.54 Å². The largest absolute Gasteiger partial charge is 0.337 e. The first kappa shape index (κ1) is 17.6.